The molecule has 0 aliphatic heterocycles. The van der Waals surface area contributed by atoms with E-state index in [1.165, 1.54) is 83.5 Å². The van der Waals surface area contributed by atoms with E-state index in [4.69, 9.17) is 4.74 Å². The highest BCUT2D eigenvalue weighted by atomic mass is 16.5. The van der Waals surface area contributed by atoms with Crippen LogP contribution in [0, 0.1) is 11.3 Å². The smallest absolute Gasteiger partial charge is 0.0629 e. The highest BCUT2D eigenvalue weighted by molar-refractivity contribution is 4.76. The molecule has 27 heavy (non-hydrogen) atoms. The van der Waals surface area contributed by atoms with Gasteiger partial charge < -0.3 is 20.1 Å². The van der Waals surface area contributed by atoms with Gasteiger partial charge in [-0.2, -0.15) is 0 Å². The number of aliphatic hydroxyl groups excluding tert-OH is 3. The van der Waals surface area contributed by atoms with Crippen molar-refractivity contribution in [2.75, 3.05) is 33.0 Å². The van der Waals surface area contributed by atoms with E-state index in [-0.39, 0.29) is 26.4 Å². The molecule has 4 nitrogen and oxygen atoms in total. The lowest BCUT2D eigenvalue weighted by Gasteiger charge is -2.26. The van der Waals surface area contributed by atoms with Crippen molar-refractivity contribution in [1.29, 1.82) is 0 Å². The molecule has 4 heteroatoms. The van der Waals surface area contributed by atoms with Crippen LogP contribution in [0.25, 0.3) is 0 Å². The van der Waals surface area contributed by atoms with Gasteiger partial charge in [-0.15, -0.1) is 0 Å². The summed E-state index contributed by atoms with van der Waals surface area (Å²) in [6, 6.07) is 0. The molecule has 0 atom stereocenters. The summed E-state index contributed by atoms with van der Waals surface area (Å²) in [6.45, 7) is 4.72. The molecule has 0 radical (unpaired) electrons. The van der Waals surface area contributed by atoms with E-state index < -0.39 is 5.41 Å². The lowest BCUT2D eigenvalue weighted by molar-refractivity contribution is -0.0582. The van der Waals surface area contributed by atoms with Crippen molar-refractivity contribution in [2.24, 2.45) is 11.3 Å². The van der Waals surface area contributed by atoms with Crippen LogP contribution in [0.5, 0.6) is 0 Å². The average molecular weight is 389 g/mol. The molecule has 164 valence electrons. The van der Waals surface area contributed by atoms with Crippen molar-refractivity contribution in [3.63, 3.8) is 0 Å². The van der Waals surface area contributed by atoms with E-state index in [9.17, 15) is 15.3 Å². The molecular formula is C23H48O4. The van der Waals surface area contributed by atoms with Gasteiger partial charge in [0.1, 0.15) is 0 Å². The van der Waals surface area contributed by atoms with Crippen molar-refractivity contribution >= 4 is 0 Å². The summed E-state index contributed by atoms with van der Waals surface area (Å²) in [7, 11) is 0. The Bertz CT molecular complexity index is 282. The van der Waals surface area contributed by atoms with E-state index in [1.807, 2.05) is 0 Å². The zero-order valence-electron chi connectivity index (χ0n) is 18.3. The topological polar surface area (TPSA) is 69.9 Å². The molecule has 0 saturated heterocycles. The predicted molar refractivity (Wildman–Crippen MR) is 114 cm³/mol. The van der Waals surface area contributed by atoms with Gasteiger partial charge in [0, 0.05) is 6.61 Å². The molecule has 0 aliphatic carbocycles. The lowest BCUT2D eigenvalue weighted by Crippen LogP contribution is -2.38. The fourth-order valence-electron chi connectivity index (χ4n) is 3.28. The van der Waals surface area contributed by atoms with Crippen molar-refractivity contribution in [2.45, 2.75) is 104 Å². The Labute approximate surface area is 168 Å². The minimum absolute atomic E-state index is 0.216. The number of hydrogen-bond donors (Lipinski definition) is 3. The first-order valence-electron chi connectivity index (χ1n) is 11.5. The fraction of sp³-hybridized carbons (Fsp3) is 1.00. The van der Waals surface area contributed by atoms with Gasteiger partial charge in [-0.05, 0) is 12.3 Å². The summed E-state index contributed by atoms with van der Waals surface area (Å²) in [5.74, 6) is 0.862. The van der Waals surface area contributed by atoms with E-state index >= 15 is 0 Å². The van der Waals surface area contributed by atoms with Crippen LogP contribution in [0.1, 0.15) is 104 Å². The van der Waals surface area contributed by atoms with Crippen molar-refractivity contribution in [1.82, 2.24) is 0 Å². The largest absolute Gasteiger partial charge is 0.396 e. The van der Waals surface area contributed by atoms with Crippen molar-refractivity contribution < 1.29 is 20.1 Å². The van der Waals surface area contributed by atoms with Crippen molar-refractivity contribution in [3.05, 3.63) is 0 Å². The van der Waals surface area contributed by atoms with Crippen LogP contribution in [0.3, 0.4) is 0 Å². The standard InChI is InChI=1S/C23H48O4/c1-22(2)16-14-12-10-8-6-4-3-5-7-9-11-13-15-17-27-21-23(18-24,19-25)20-26/h22,24-26H,3-21H2,1-2H3. The van der Waals surface area contributed by atoms with Crippen LogP contribution < -0.4 is 0 Å². The minimum atomic E-state index is -0.895. The van der Waals surface area contributed by atoms with Gasteiger partial charge in [-0.25, -0.2) is 0 Å². The Morgan fingerprint density at radius 3 is 1.33 bits per heavy atom. The maximum atomic E-state index is 9.22. The summed E-state index contributed by atoms with van der Waals surface area (Å²) in [4.78, 5) is 0. The molecule has 0 aromatic heterocycles. The minimum Gasteiger partial charge on any atom is -0.396 e. The summed E-state index contributed by atoms with van der Waals surface area (Å²) in [6.07, 6.45) is 18.7. The third-order valence-corrected chi connectivity index (χ3v) is 5.48. The highest BCUT2D eigenvalue weighted by Gasteiger charge is 2.28. The molecular weight excluding hydrogens is 340 g/mol. The Balaban J connectivity index is 3.21. The first-order chi connectivity index (χ1) is 13.1. The van der Waals surface area contributed by atoms with Crippen molar-refractivity contribution in [3.8, 4) is 0 Å². The normalized spacial score (nSPS) is 12.2. The van der Waals surface area contributed by atoms with E-state index in [1.54, 1.807) is 0 Å². The Kier molecular flexibility index (Phi) is 19.1. The second-order valence-corrected chi connectivity index (χ2v) is 8.81. The SMILES string of the molecule is CC(C)CCCCCCCCCCCCCCCOCC(CO)(CO)CO. The van der Waals surface area contributed by atoms with Gasteiger partial charge in [0.15, 0.2) is 0 Å². The molecule has 0 spiro atoms. The predicted octanol–water partition coefficient (Wildman–Crippen LogP) is 5.08. The first-order valence-corrected chi connectivity index (χ1v) is 11.5. The van der Waals surface area contributed by atoms with Gasteiger partial charge in [0.05, 0.1) is 31.8 Å². The Hall–Kier alpha value is -0.160. The van der Waals surface area contributed by atoms with Gasteiger partial charge >= 0.3 is 0 Å². The molecule has 0 aliphatic rings. The molecule has 0 fully saturated rings. The summed E-state index contributed by atoms with van der Waals surface area (Å²) >= 11 is 0. The average Bonchev–Trinajstić information content (AvgIpc) is 2.67. The van der Waals surface area contributed by atoms with E-state index in [0.717, 1.165) is 12.3 Å². The van der Waals surface area contributed by atoms with Gasteiger partial charge in [-0.1, -0.05) is 97.3 Å². The fourth-order valence-corrected chi connectivity index (χ4v) is 3.28. The molecule has 0 aromatic rings. The zero-order chi connectivity index (χ0) is 20.2. The molecule has 0 saturated carbocycles. The molecule has 0 aromatic carbocycles. The molecule has 0 bridgehead atoms. The number of unbranched alkanes of at least 4 members (excludes halogenated alkanes) is 12. The quantitative estimate of drug-likeness (QED) is 0.240. The molecule has 0 amide bonds. The number of aliphatic hydroxyl groups is 3. The lowest BCUT2D eigenvalue weighted by atomic mass is 9.93. The number of ether oxygens (including phenoxy) is 1. The van der Waals surface area contributed by atoms with Crippen LogP contribution in [-0.4, -0.2) is 48.4 Å². The Morgan fingerprint density at radius 2 is 0.963 bits per heavy atom. The summed E-state index contributed by atoms with van der Waals surface area (Å²) < 4.78 is 5.51. The van der Waals surface area contributed by atoms with Crippen LogP contribution in [0.15, 0.2) is 0 Å². The summed E-state index contributed by atoms with van der Waals surface area (Å²) in [5, 5.41) is 27.7. The summed E-state index contributed by atoms with van der Waals surface area (Å²) in [5.41, 5.74) is -0.895. The Morgan fingerprint density at radius 1 is 0.593 bits per heavy atom. The van der Waals surface area contributed by atoms with Crippen LogP contribution in [0.4, 0.5) is 0 Å². The van der Waals surface area contributed by atoms with Crippen LogP contribution in [-0.2, 0) is 4.74 Å². The van der Waals surface area contributed by atoms with Gasteiger partial charge in [-0.3, -0.25) is 0 Å². The van der Waals surface area contributed by atoms with Crippen LogP contribution >= 0.6 is 0 Å². The molecule has 3 N–H and O–H groups in total. The van der Waals surface area contributed by atoms with Gasteiger partial charge in [0.2, 0.25) is 0 Å². The number of rotatable bonds is 21. The molecule has 0 rings (SSSR count). The second kappa shape index (κ2) is 19.2. The van der Waals surface area contributed by atoms with Gasteiger partial charge in [0.25, 0.3) is 0 Å². The third-order valence-electron chi connectivity index (χ3n) is 5.48. The third kappa shape index (κ3) is 16.5. The van der Waals surface area contributed by atoms with E-state index in [2.05, 4.69) is 13.8 Å². The molecule has 0 unspecified atom stereocenters. The monoisotopic (exact) mass is 388 g/mol. The molecule has 0 heterocycles. The number of hydrogen-bond acceptors (Lipinski definition) is 4. The van der Waals surface area contributed by atoms with E-state index in [0.29, 0.717) is 6.61 Å². The highest BCUT2D eigenvalue weighted by Crippen LogP contribution is 2.16. The maximum Gasteiger partial charge on any atom is 0.0629 e. The second-order valence-electron chi connectivity index (χ2n) is 8.81. The van der Waals surface area contributed by atoms with Crippen LogP contribution in [0.2, 0.25) is 0 Å². The maximum absolute atomic E-state index is 9.22. The zero-order valence-corrected chi connectivity index (χ0v) is 18.3. The first kappa shape index (κ1) is 26.8.